The zero-order chi connectivity index (χ0) is 13.3. The number of nitrogens with one attached hydrogen (secondary N) is 1. The van der Waals surface area contributed by atoms with Crippen LogP contribution in [0.3, 0.4) is 0 Å². The number of aliphatic imine (C=N–C) groups is 1. The van der Waals surface area contributed by atoms with Crippen LogP contribution in [-0.4, -0.2) is 35.4 Å². The lowest BCUT2D eigenvalue weighted by Crippen LogP contribution is -2.57. The number of carbonyl (C=O) groups excluding carboxylic acids is 1. The first-order valence-corrected chi connectivity index (χ1v) is 7.30. The van der Waals surface area contributed by atoms with Crippen LogP contribution in [-0.2, 0) is 4.79 Å². The van der Waals surface area contributed by atoms with E-state index in [1.807, 2.05) is 0 Å². The summed E-state index contributed by atoms with van der Waals surface area (Å²) in [5.41, 5.74) is -0.451. The van der Waals surface area contributed by atoms with E-state index >= 15 is 0 Å². The second kappa shape index (κ2) is 4.84. The predicted octanol–water partition coefficient (Wildman–Crippen LogP) is 1.41. The van der Waals surface area contributed by atoms with Gasteiger partial charge in [0, 0.05) is 13.1 Å². The molecule has 0 aromatic heterocycles. The van der Waals surface area contributed by atoms with E-state index in [2.05, 4.69) is 16.3 Å². The van der Waals surface area contributed by atoms with Gasteiger partial charge in [-0.2, -0.15) is 5.26 Å². The topological polar surface area (TPSA) is 68.5 Å². The maximum atomic E-state index is 12.2. The Morgan fingerprint density at radius 2 is 1.89 bits per heavy atom. The maximum absolute atomic E-state index is 12.2. The molecule has 102 valence electrons. The lowest BCUT2D eigenvalue weighted by molar-refractivity contribution is -0.125. The van der Waals surface area contributed by atoms with Gasteiger partial charge in [-0.15, -0.1) is 0 Å². The summed E-state index contributed by atoms with van der Waals surface area (Å²) in [6.07, 6.45) is 7.39. The van der Waals surface area contributed by atoms with Crippen molar-refractivity contribution in [2.75, 3.05) is 13.1 Å². The number of hydrogen-bond acceptors (Lipinski definition) is 4. The summed E-state index contributed by atoms with van der Waals surface area (Å²) in [5.74, 6) is -0.0450. The van der Waals surface area contributed by atoms with Crippen molar-refractivity contribution in [2.24, 2.45) is 10.9 Å². The van der Waals surface area contributed by atoms with Crippen LogP contribution in [0, 0.1) is 17.2 Å². The fraction of sp³-hybridized carbons (Fsp3) is 0.786. The third-order valence-corrected chi connectivity index (χ3v) is 4.62. The molecule has 0 unspecified atom stereocenters. The Labute approximate surface area is 113 Å². The van der Waals surface area contributed by atoms with Gasteiger partial charge in [-0.05, 0) is 25.7 Å². The van der Waals surface area contributed by atoms with E-state index in [1.165, 1.54) is 6.42 Å². The second-order valence-electron chi connectivity index (χ2n) is 5.85. The summed E-state index contributed by atoms with van der Waals surface area (Å²) < 4.78 is 0. The Hall–Kier alpha value is -1.57. The van der Waals surface area contributed by atoms with Gasteiger partial charge in [-0.3, -0.25) is 10.1 Å². The third-order valence-electron chi connectivity index (χ3n) is 4.62. The van der Waals surface area contributed by atoms with Gasteiger partial charge in [-0.25, -0.2) is 4.99 Å². The highest BCUT2D eigenvalue weighted by Gasteiger charge is 2.48. The molecule has 0 aromatic carbocycles. The van der Waals surface area contributed by atoms with Gasteiger partial charge < -0.3 is 4.90 Å². The van der Waals surface area contributed by atoms with Crippen LogP contribution >= 0.6 is 0 Å². The molecule has 2 heterocycles. The van der Waals surface area contributed by atoms with Crippen molar-refractivity contribution in [3.63, 3.8) is 0 Å². The maximum Gasteiger partial charge on any atom is 0.246 e. The summed E-state index contributed by atoms with van der Waals surface area (Å²) in [6, 6.07) is 2.19. The van der Waals surface area contributed by atoms with Crippen molar-refractivity contribution in [1.29, 1.82) is 5.26 Å². The molecule has 0 radical (unpaired) electrons. The number of hydrogen-bond donors (Lipinski definition) is 1. The van der Waals surface area contributed by atoms with Crippen molar-refractivity contribution < 1.29 is 4.79 Å². The number of likely N-dealkylation sites (tertiary alicyclic amines) is 1. The van der Waals surface area contributed by atoms with Crippen molar-refractivity contribution in [3.05, 3.63) is 0 Å². The molecule has 1 saturated heterocycles. The van der Waals surface area contributed by atoms with E-state index in [0.29, 0.717) is 0 Å². The van der Waals surface area contributed by atoms with Crippen LogP contribution in [0.5, 0.6) is 0 Å². The van der Waals surface area contributed by atoms with Gasteiger partial charge in [-0.1, -0.05) is 19.3 Å². The van der Waals surface area contributed by atoms with Crippen LogP contribution in [0.15, 0.2) is 4.99 Å². The van der Waals surface area contributed by atoms with E-state index < -0.39 is 11.5 Å². The van der Waals surface area contributed by atoms with Gasteiger partial charge in [0.2, 0.25) is 11.9 Å². The SMILES string of the molecule is N#C[C@@H]1C(=O)NC(N2CCCC2)=NC12CCCCC2. The molecule has 1 atom stereocenters. The molecule has 1 saturated carbocycles. The molecule has 5 heteroatoms. The minimum absolute atomic E-state index is 0.152. The first-order chi connectivity index (χ1) is 9.25. The Morgan fingerprint density at radius 3 is 2.53 bits per heavy atom. The second-order valence-corrected chi connectivity index (χ2v) is 5.85. The molecule has 1 aliphatic carbocycles. The number of rotatable bonds is 0. The van der Waals surface area contributed by atoms with Crippen molar-refractivity contribution >= 4 is 11.9 Å². The highest BCUT2D eigenvalue weighted by atomic mass is 16.2. The normalized spacial score (nSPS) is 29.8. The molecule has 19 heavy (non-hydrogen) atoms. The molecular weight excluding hydrogens is 240 g/mol. The first-order valence-electron chi connectivity index (χ1n) is 7.30. The van der Waals surface area contributed by atoms with Crippen molar-refractivity contribution in [1.82, 2.24) is 10.2 Å². The van der Waals surface area contributed by atoms with E-state index in [1.54, 1.807) is 0 Å². The van der Waals surface area contributed by atoms with E-state index in [4.69, 9.17) is 4.99 Å². The molecule has 0 aromatic rings. The summed E-state index contributed by atoms with van der Waals surface area (Å²) >= 11 is 0. The van der Waals surface area contributed by atoms with Gasteiger partial charge in [0.05, 0.1) is 11.6 Å². The summed E-state index contributed by atoms with van der Waals surface area (Å²) in [7, 11) is 0. The standard InChI is InChI=1S/C14H20N4O/c15-10-11-12(19)16-13(18-8-4-5-9-18)17-14(11)6-2-1-3-7-14/h11H,1-9H2,(H,16,17,19)/t11-/m1/s1. The lowest BCUT2D eigenvalue weighted by Gasteiger charge is -2.41. The number of guanidine groups is 1. The molecule has 5 nitrogen and oxygen atoms in total. The monoisotopic (exact) mass is 260 g/mol. The average Bonchev–Trinajstić information content (AvgIpc) is 2.93. The van der Waals surface area contributed by atoms with Crippen LogP contribution in [0.2, 0.25) is 0 Å². The summed E-state index contributed by atoms with van der Waals surface area (Å²) in [6.45, 7) is 1.93. The number of carbonyl (C=O) groups is 1. The quantitative estimate of drug-likeness (QED) is 0.716. The highest BCUT2D eigenvalue weighted by Crippen LogP contribution is 2.40. The minimum atomic E-state index is -0.612. The highest BCUT2D eigenvalue weighted by molar-refractivity contribution is 6.02. The number of nitrogens with zero attached hydrogens (tertiary/aromatic N) is 3. The fourth-order valence-electron chi connectivity index (χ4n) is 3.55. The first kappa shape index (κ1) is 12.5. The fourth-order valence-corrected chi connectivity index (χ4v) is 3.55. The summed E-state index contributed by atoms with van der Waals surface area (Å²) in [5, 5.41) is 12.2. The molecule has 2 aliphatic heterocycles. The zero-order valence-corrected chi connectivity index (χ0v) is 11.2. The Kier molecular flexibility index (Phi) is 3.17. The molecule has 1 spiro atoms. The lowest BCUT2D eigenvalue weighted by atomic mass is 9.72. The number of amides is 1. The average molecular weight is 260 g/mol. The number of nitriles is 1. The Morgan fingerprint density at radius 1 is 1.21 bits per heavy atom. The molecule has 1 amide bonds. The molecule has 2 fully saturated rings. The van der Waals surface area contributed by atoms with Crippen molar-refractivity contribution in [3.8, 4) is 6.07 Å². The molecule has 3 aliphatic rings. The molecule has 0 bridgehead atoms. The summed E-state index contributed by atoms with van der Waals surface area (Å²) in [4.78, 5) is 19.2. The van der Waals surface area contributed by atoms with Gasteiger partial charge in [0.1, 0.15) is 0 Å². The van der Waals surface area contributed by atoms with E-state index in [-0.39, 0.29) is 5.91 Å². The Bertz CT molecular complexity index is 439. The van der Waals surface area contributed by atoms with Crippen LogP contribution in [0.1, 0.15) is 44.9 Å². The van der Waals surface area contributed by atoms with Gasteiger partial charge in [0.25, 0.3) is 0 Å². The van der Waals surface area contributed by atoms with Crippen molar-refractivity contribution in [2.45, 2.75) is 50.5 Å². The molecule has 1 N–H and O–H groups in total. The van der Waals surface area contributed by atoms with Crippen LogP contribution in [0.4, 0.5) is 0 Å². The largest absolute Gasteiger partial charge is 0.343 e. The zero-order valence-electron chi connectivity index (χ0n) is 11.2. The minimum Gasteiger partial charge on any atom is -0.343 e. The van der Waals surface area contributed by atoms with Gasteiger partial charge in [0.15, 0.2) is 5.92 Å². The van der Waals surface area contributed by atoms with E-state index in [0.717, 1.165) is 57.6 Å². The predicted molar refractivity (Wildman–Crippen MR) is 71.3 cm³/mol. The Balaban J connectivity index is 1.94. The smallest absolute Gasteiger partial charge is 0.246 e. The molecule has 3 rings (SSSR count). The van der Waals surface area contributed by atoms with Crippen LogP contribution in [0.25, 0.3) is 0 Å². The van der Waals surface area contributed by atoms with Crippen LogP contribution < -0.4 is 5.32 Å². The van der Waals surface area contributed by atoms with Gasteiger partial charge >= 0.3 is 0 Å². The molecular formula is C14H20N4O. The van der Waals surface area contributed by atoms with E-state index in [9.17, 15) is 10.1 Å². The third kappa shape index (κ3) is 2.09.